The molecule has 1 N–H and O–H groups in total. The van der Waals surface area contributed by atoms with Crippen LogP contribution in [0.1, 0.15) is 5.76 Å². The summed E-state index contributed by atoms with van der Waals surface area (Å²) < 4.78 is 56.4. The second-order valence-corrected chi connectivity index (χ2v) is 5.28. The number of rotatable bonds is 4. The van der Waals surface area contributed by atoms with Gasteiger partial charge in [-0.05, 0) is 24.3 Å². The molecular weight excluding hydrogens is 264 g/mol. The lowest BCUT2D eigenvalue weighted by atomic mass is 10.3. The van der Waals surface area contributed by atoms with Crippen molar-refractivity contribution >= 4 is 10.0 Å². The van der Waals surface area contributed by atoms with E-state index in [-0.39, 0.29) is 6.54 Å². The number of nitrogens with one attached hydrogen (secondary N) is 1. The number of benzene rings is 1. The molecule has 96 valence electrons. The summed E-state index contributed by atoms with van der Waals surface area (Å²) in [6.07, 6.45) is 1.39. The zero-order valence-electron chi connectivity index (χ0n) is 9.06. The maximum absolute atomic E-state index is 12.9. The Kier molecular flexibility index (Phi) is 3.44. The Hall–Kier alpha value is -1.73. The van der Waals surface area contributed by atoms with Gasteiger partial charge in [-0.15, -0.1) is 0 Å². The minimum absolute atomic E-state index is 0.0898. The summed E-state index contributed by atoms with van der Waals surface area (Å²) in [5.74, 6) is -1.50. The van der Waals surface area contributed by atoms with Crippen LogP contribution in [-0.2, 0) is 16.6 Å². The summed E-state index contributed by atoms with van der Waals surface area (Å²) in [6, 6.07) is 5.27. The third-order valence-corrected chi connectivity index (χ3v) is 3.54. The third kappa shape index (κ3) is 2.93. The van der Waals surface area contributed by atoms with Gasteiger partial charge >= 0.3 is 0 Å². The third-order valence-electron chi connectivity index (χ3n) is 2.16. The van der Waals surface area contributed by atoms with Crippen molar-refractivity contribution in [1.29, 1.82) is 0 Å². The van der Waals surface area contributed by atoms with Crippen LogP contribution < -0.4 is 4.72 Å². The molecule has 2 rings (SSSR count). The van der Waals surface area contributed by atoms with E-state index in [1.54, 1.807) is 12.1 Å². The highest BCUT2D eigenvalue weighted by atomic mass is 32.2. The molecule has 1 aromatic carbocycles. The molecule has 0 atom stereocenters. The molecule has 0 fully saturated rings. The number of halogens is 2. The van der Waals surface area contributed by atoms with Crippen molar-refractivity contribution in [3.05, 3.63) is 54.0 Å². The quantitative estimate of drug-likeness (QED) is 0.927. The summed E-state index contributed by atoms with van der Waals surface area (Å²) in [5, 5.41) is 0. The van der Waals surface area contributed by atoms with Crippen LogP contribution in [0.15, 0.2) is 45.9 Å². The van der Waals surface area contributed by atoms with Crippen LogP contribution in [0.5, 0.6) is 0 Å². The Morgan fingerprint density at radius 1 is 1.17 bits per heavy atom. The van der Waals surface area contributed by atoms with Gasteiger partial charge in [0.1, 0.15) is 17.4 Å². The van der Waals surface area contributed by atoms with E-state index in [1.807, 2.05) is 0 Å². The largest absolute Gasteiger partial charge is 0.468 e. The SMILES string of the molecule is O=S(=O)(NCc1ccco1)c1cc(F)cc(F)c1. The van der Waals surface area contributed by atoms with Crippen molar-refractivity contribution in [2.75, 3.05) is 0 Å². The normalized spacial score (nSPS) is 11.7. The van der Waals surface area contributed by atoms with Gasteiger partial charge in [0.25, 0.3) is 0 Å². The monoisotopic (exact) mass is 273 g/mol. The molecule has 0 spiro atoms. The van der Waals surface area contributed by atoms with Crippen molar-refractivity contribution in [2.45, 2.75) is 11.4 Å². The average Bonchev–Trinajstić information content (AvgIpc) is 2.78. The molecule has 7 heteroatoms. The van der Waals surface area contributed by atoms with Gasteiger partial charge in [0.05, 0.1) is 17.7 Å². The Morgan fingerprint density at radius 3 is 2.39 bits per heavy atom. The maximum atomic E-state index is 12.9. The van der Waals surface area contributed by atoms with E-state index in [0.29, 0.717) is 11.8 Å². The average molecular weight is 273 g/mol. The van der Waals surface area contributed by atoms with E-state index in [9.17, 15) is 17.2 Å². The topological polar surface area (TPSA) is 59.3 Å². The number of hydrogen-bond donors (Lipinski definition) is 1. The van der Waals surface area contributed by atoms with Gasteiger partial charge in [0, 0.05) is 6.07 Å². The van der Waals surface area contributed by atoms with Gasteiger partial charge in [0.2, 0.25) is 10.0 Å². The summed E-state index contributed by atoms with van der Waals surface area (Å²) in [5.41, 5.74) is 0. The molecular formula is C11H9F2NO3S. The fourth-order valence-corrected chi connectivity index (χ4v) is 2.38. The molecule has 0 unspecified atom stereocenters. The van der Waals surface area contributed by atoms with Gasteiger partial charge in [-0.25, -0.2) is 21.9 Å². The standard InChI is InChI=1S/C11H9F2NO3S/c12-8-4-9(13)6-11(5-8)18(15,16)14-7-10-2-1-3-17-10/h1-6,14H,7H2. The predicted molar refractivity (Wildman–Crippen MR) is 59.1 cm³/mol. The highest BCUT2D eigenvalue weighted by Gasteiger charge is 2.16. The molecule has 0 aliphatic carbocycles. The fourth-order valence-electron chi connectivity index (χ4n) is 1.35. The van der Waals surface area contributed by atoms with Gasteiger partial charge in [-0.1, -0.05) is 0 Å². The lowest BCUT2D eigenvalue weighted by Crippen LogP contribution is -2.23. The van der Waals surface area contributed by atoms with Crippen molar-refractivity contribution in [2.24, 2.45) is 0 Å². The summed E-state index contributed by atoms with van der Waals surface area (Å²) in [4.78, 5) is -0.466. The van der Waals surface area contributed by atoms with E-state index >= 15 is 0 Å². The lowest BCUT2D eigenvalue weighted by molar-refractivity contribution is 0.498. The Balaban J connectivity index is 2.20. The minimum Gasteiger partial charge on any atom is -0.468 e. The maximum Gasteiger partial charge on any atom is 0.241 e. The molecule has 18 heavy (non-hydrogen) atoms. The predicted octanol–water partition coefficient (Wildman–Crippen LogP) is 2.04. The molecule has 1 aromatic heterocycles. The molecule has 0 aliphatic heterocycles. The summed E-state index contributed by atoms with van der Waals surface area (Å²) >= 11 is 0. The zero-order chi connectivity index (χ0) is 13.2. The smallest absolute Gasteiger partial charge is 0.241 e. The van der Waals surface area contributed by atoms with Crippen molar-refractivity contribution in [1.82, 2.24) is 4.72 Å². The van der Waals surface area contributed by atoms with E-state index in [4.69, 9.17) is 4.42 Å². The van der Waals surface area contributed by atoms with Crippen molar-refractivity contribution < 1.29 is 21.6 Å². The molecule has 0 aliphatic rings. The van der Waals surface area contributed by atoms with Crippen LogP contribution >= 0.6 is 0 Å². The molecule has 4 nitrogen and oxygen atoms in total. The molecule has 0 saturated heterocycles. The van der Waals surface area contributed by atoms with Crippen LogP contribution in [0.4, 0.5) is 8.78 Å². The van der Waals surface area contributed by atoms with Crippen molar-refractivity contribution in [3.8, 4) is 0 Å². The number of hydrogen-bond acceptors (Lipinski definition) is 3. The zero-order valence-corrected chi connectivity index (χ0v) is 9.88. The Labute approximate surface area is 102 Å². The fraction of sp³-hybridized carbons (Fsp3) is 0.0909. The first-order valence-corrected chi connectivity index (χ1v) is 6.44. The van der Waals surface area contributed by atoms with E-state index in [0.717, 1.165) is 12.1 Å². The van der Waals surface area contributed by atoms with Gasteiger partial charge in [-0.2, -0.15) is 0 Å². The first kappa shape index (κ1) is 12.7. The Bertz CT molecular complexity index is 618. The van der Waals surface area contributed by atoms with E-state index in [2.05, 4.69) is 4.72 Å². The highest BCUT2D eigenvalue weighted by molar-refractivity contribution is 7.89. The number of sulfonamides is 1. The van der Waals surface area contributed by atoms with Gasteiger partial charge in [-0.3, -0.25) is 0 Å². The first-order chi connectivity index (χ1) is 8.47. The summed E-state index contributed by atoms with van der Waals surface area (Å²) in [6.45, 7) is -0.0898. The first-order valence-electron chi connectivity index (χ1n) is 4.95. The minimum atomic E-state index is -3.97. The van der Waals surface area contributed by atoms with Crippen LogP contribution in [0.3, 0.4) is 0 Å². The Morgan fingerprint density at radius 2 is 1.83 bits per heavy atom. The molecule has 2 aromatic rings. The highest BCUT2D eigenvalue weighted by Crippen LogP contribution is 2.14. The molecule has 0 radical (unpaired) electrons. The van der Waals surface area contributed by atoms with Crippen molar-refractivity contribution in [3.63, 3.8) is 0 Å². The number of furan rings is 1. The molecule has 0 saturated carbocycles. The molecule has 1 heterocycles. The summed E-state index contributed by atoms with van der Waals surface area (Å²) in [7, 11) is -3.97. The second kappa shape index (κ2) is 4.87. The van der Waals surface area contributed by atoms with Crippen LogP contribution in [0, 0.1) is 11.6 Å². The van der Waals surface area contributed by atoms with Crippen LogP contribution in [-0.4, -0.2) is 8.42 Å². The molecule has 0 amide bonds. The lowest BCUT2D eigenvalue weighted by Gasteiger charge is -2.05. The van der Waals surface area contributed by atoms with Gasteiger partial charge < -0.3 is 4.42 Å². The van der Waals surface area contributed by atoms with Gasteiger partial charge in [0.15, 0.2) is 0 Å². The van der Waals surface area contributed by atoms with E-state index < -0.39 is 26.6 Å². The van der Waals surface area contributed by atoms with E-state index in [1.165, 1.54) is 6.26 Å². The van der Waals surface area contributed by atoms with Crippen LogP contribution in [0.25, 0.3) is 0 Å². The van der Waals surface area contributed by atoms with Crippen LogP contribution in [0.2, 0.25) is 0 Å². The molecule has 0 bridgehead atoms. The second-order valence-electron chi connectivity index (χ2n) is 3.51.